The zero-order valence-electron chi connectivity index (χ0n) is 13.1. The number of nitrogens with zero attached hydrogens (tertiary/aromatic N) is 3. The number of thiophene rings is 1. The second-order valence-corrected chi connectivity index (χ2v) is 7.61. The maximum atomic E-state index is 12.3. The number of hydrogen-bond acceptors (Lipinski definition) is 6. The van der Waals surface area contributed by atoms with Crippen LogP contribution in [0.5, 0.6) is 0 Å². The molecule has 3 heterocycles. The van der Waals surface area contributed by atoms with Gasteiger partial charge in [-0.3, -0.25) is 9.36 Å². The van der Waals surface area contributed by atoms with Crippen LogP contribution in [0.1, 0.15) is 5.69 Å². The molecule has 0 N–H and O–H groups in total. The zero-order chi connectivity index (χ0) is 17.4. The number of fused-ring (bicyclic) bond motifs is 1. The van der Waals surface area contributed by atoms with Crippen molar-refractivity contribution in [1.82, 2.24) is 14.5 Å². The summed E-state index contributed by atoms with van der Waals surface area (Å²) in [4.78, 5) is 22.1. The highest BCUT2D eigenvalue weighted by Gasteiger charge is 2.12. The predicted octanol–water partition coefficient (Wildman–Crippen LogP) is 4.60. The van der Waals surface area contributed by atoms with Gasteiger partial charge in [-0.15, -0.1) is 11.3 Å². The highest BCUT2D eigenvalue weighted by atomic mass is 35.5. The van der Waals surface area contributed by atoms with E-state index in [4.69, 9.17) is 16.0 Å². The fraction of sp³-hybridized carbons (Fsp3) is 0.118. The van der Waals surface area contributed by atoms with E-state index in [0.717, 1.165) is 16.1 Å². The van der Waals surface area contributed by atoms with Gasteiger partial charge in [-0.1, -0.05) is 29.4 Å². The number of oxazole rings is 1. The van der Waals surface area contributed by atoms with Gasteiger partial charge in [0.15, 0.2) is 5.16 Å². The first kappa shape index (κ1) is 16.4. The Morgan fingerprint density at radius 2 is 2.20 bits per heavy atom. The molecule has 0 amide bonds. The molecule has 0 spiro atoms. The first-order valence-electron chi connectivity index (χ1n) is 7.39. The summed E-state index contributed by atoms with van der Waals surface area (Å²) in [6.07, 6.45) is 1.62. The first-order chi connectivity index (χ1) is 12.1. The Bertz CT molecular complexity index is 1120. The van der Waals surface area contributed by atoms with Gasteiger partial charge in [-0.05, 0) is 29.6 Å². The van der Waals surface area contributed by atoms with E-state index in [1.165, 1.54) is 23.1 Å². The van der Waals surface area contributed by atoms with Crippen LogP contribution >= 0.6 is 34.7 Å². The second kappa shape index (κ2) is 6.67. The first-order valence-corrected chi connectivity index (χ1v) is 9.63. The van der Waals surface area contributed by atoms with Crippen molar-refractivity contribution in [2.45, 2.75) is 10.9 Å². The molecule has 0 aliphatic rings. The largest absolute Gasteiger partial charge is 0.444 e. The summed E-state index contributed by atoms with van der Waals surface area (Å²) in [6.45, 7) is 0. The summed E-state index contributed by atoms with van der Waals surface area (Å²) in [5.41, 5.74) is 1.57. The molecule has 0 aliphatic carbocycles. The molecular weight excluding hydrogens is 378 g/mol. The molecule has 0 radical (unpaired) electrons. The predicted molar refractivity (Wildman–Crippen MR) is 101 cm³/mol. The van der Waals surface area contributed by atoms with Gasteiger partial charge in [0.1, 0.15) is 11.1 Å². The van der Waals surface area contributed by atoms with Crippen LogP contribution in [0.2, 0.25) is 5.02 Å². The summed E-state index contributed by atoms with van der Waals surface area (Å²) < 4.78 is 7.10. The number of aromatic nitrogens is 3. The summed E-state index contributed by atoms with van der Waals surface area (Å²) in [5.74, 6) is 1.08. The van der Waals surface area contributed by atoms with Gasteiger partial charge in [0.2, 0.25) is 5.89 Å². The van der Waals surface area contributed by atoms with E-state index < -0.39 is 0 Å². The van der Waals surface area contributed by atoms with E-state index in [1.807, 2.05) is 17.5 Å². The molecule has 0 fully saturated rings. The van der Waals surface area contributed by atoms with Crippen molar-refractivity contribution in [3.63, 3.8) is 0 Å². The molecule has 25 heavy (non-hydrogen) atoms. The molecule has 5 nitrogen and oxygen atoms in total. The van der Waals surface area contributed by atoms with E-state index in [2.05, 4.69) is 9.97 Å². The maximum Gasteiger partial charge on any atom is 0.262 e. The molecule has 4 aromatic rings. The topological polar surface area (TPSA) is 60.9 Å². The standard InChI is InChI=1S/C17H12ClN3O2S2/c1-21-16(22)13-5-6-24-15(13)20-17(21)25-9-12-8-23-14(19-12)10-3-2-4-11(18)7-10/h2-8H,9H2,1H3. The van der Waals surface area contributed by atoms with Gasteiger partial charge in [0.25, 0.3) is 5.56 Å². The van der Waals surface area contributed by atoms with E-state index in [1.54, 1.807) is 36.1 Å². The lowest BCUT2D eigenvalue weighted by Crippen LogP contribution is -2.19. The van der Waals surface area contributed by atoms with Crippen LogP contribution in [0.15, 0.2) is 56.3 Å². The average molecular weight is 390 g/mol. The molecular formula is C17H12ClN3O2S2. The summed E-state index contributed by atoms with van der Waals surface area (Å²) in [5, 5.41) is 3.83. The smallest absolute Gasteiger partial charge is 0.262 e. The van der Waals surface area contributed by atoms with Gasteiger partial charge in [0.05, 0.1) is 11.1 Å². The van der Waals surface area contributed by atoms with Crippen molar-refractivity contribution in [2.24, 2.45) is 7.05 Å². The third kappa shape index (κ3) is 3.22. The molecule has 0 atom stereocenters. The zero-order valence-corrected chi connectivity index (χ0v) is 15.5. The van der Waals surface area contributed by atoms with Crippen molar-refractivity contribution < 1.29 is 4.42 Å². The summed E-state index contributed by atoms with van der Waals surface area (Å²) >= 11 is 8.92. The Kier molecular flexibility index (Phi) is 4.37. The number of rotatable bonds is 4. The fourth-order valence-electron chi connectivity index (χ4n) is 2.37. The Balaban J connectivity index is 1.56. The van der Waals surface area contributed by atoms with Crippen LogP contribution in [-0.2, 0) is 12.8 Å². The number of thioether (sulfide) groups is 1. The van der Waals surface area contributed by atoms with Gasteiger partial charge in [0, 0.05) is 23.4 Å². The van der Waals surface area contributed by atoms with Gasteiger partial charge >= 0.3 is 0 Å². The summed E-state index contributed by atoms with van der Waals surface area (Å²) in [7, 11) is 1.73. The SMILES string of the molecule is Cn1c(SCc2coc(-c3cccc(Cl)c3)n2)nc2sccc2c1=O. The molecule has 3 aromatic heterocycles. The minimum absolute atomic E-state index is 0.0338. The van der Waals surface area contributed by atoms with Crippen LogP contribution in [0.4, 0.5) is 0 Å². The van der Waals surface area contributed by atoms with Crippen molar-refractivity contribution in [1.29, 1.82) is 0 Å². The molecule has 4 rings (SSSR count). The molecule has 0 saturated carbocycles. The minimum Gasteiger partial charge on any atom is -0.444 e. The van der Waals surface area contributed by atoms with Crippen molar-refractivity contribution >= 4 is 44.9 Å². The van der Waals surface area contributed by atoms with E-state index in [0.29, 0.717) is 27.2 Å². The van der Waals surface area contributed by atoms with Crippen molar-refractivity contribution in [2.75, 3.05) is 0 Å². The molecule has 0 unspecified atom stereocenters. The molecule has 0 saturated heterocycles. The monoisotopic (exact) mass is 389 g/mol. The average Bonchev–Trinajstić information content (AvgIpc) is 3.26. The van der Waals surface area contributed by atoms with E-state index in [-0.39, 0.29) is 5.56 Å². The molecule has 8 heteroatoms. The Hall–Kier alpha value is -2.09. The number of halogens is 1. The Morgan fingerprint density at radius 3 is 3.04 bits per heavy atom. The second-order valence-electron chi connectivity index (χ2n) is 5.34. The van der Waals surface area contributed by atoms with Gasteiger partial charge in [-0.2, -0.15) is 0 Å². The number of benzene rings is 1. The van der Waals surface area contributed by atoms with Crippen LogP contribution in [0.3, 0.4) is 0 Å². The third-order valence-corrected chi connectivity index (χ3v) is 5.74. The van der Waals surface area contributed by atoms with Crippen LogP contribution in [-0.4, -0.2) is 14.5 Å². The van der Waals surface area contributed by atoms with E-state index >= 15 is 0 Å². The lowest BCUT2D eigenvalue weighted by Gasteiger charge is -2.05. The third-order valence-electron chi connectivity index (χ3n) is 3.64. The highest BCUT2D eigenvalue weighted by Crippen LogP contribution is 2.26. The maximum absolute atomic E-state index is 12.3. The normalized spacial score (nSPS) is 11.3. The van der Waals surface area contributed by atoms with Crippen molar-refractivity contribution in [3.05, 3.63) is 63.0 Å². The number of hydrogen-bond donors (Lipinski definition) is 0. The Morgan fingerprint density at radius 1 is 1.32 bits per heavy atom. The highest BCUT2D eigenvalue weighted by molar-refractivity contribution is 7.98. The van der Waals surface area contributed by atoms with Crippen LogP contribution in [0.25, 0.3) is 21.7 Å². The van der Waals surface area contributed by atoms with Crippen LogP contribution < -0.4 is 5.56 Å². The van der Waals surface area contributed by atoms with E-state index in [9.17, 15) is 4.79 Å². The van der Waals surface area contributed by atoms with Gasteiger partial charge < -0.3 is 4.42 Å². The lowest BCUT2D eigenvalue weighted by atomic mass is 10.2. The molecule has 0 bridgehead atoms. The minimum atomic E-state index is -0.0338. The Labute approximate surface area is 156 Å². The van der Waals surface area contributed by atoms with Crippen molar-refractivity contribution in [3.8, 4) is 11.5 Å². The lowest BCUT2D eigenvalue weighted by molar-refractivity contribution is 0.573. The quantitative estimate of drug-likeness (QED) is 0.377. The molecule has 0 aliphatic heterocycles. The fourth-order valence-corrected chi connectivity index (χ4v) is 4.22. The van der Waals surface area contributed by atoms with Gasteiger partial charge in [-0.25, -0.2) is 9.97 Å². The molecule has 1 aromatic carbocycles. The summed E-state index contributed by atoms with van der Waals surface area (Å²) in [6, 6.07) is 9.16. The molecule has 126 valence electrons. The van der Waals surface area contributed by atoms with Crippen LogP contribution in [0, 0.1) is 0 Å².